The van der Waals surface area contributed by atoms with Crippen LogP contribution in [0.2, 0.25) is 0 Å². The van der Waals surface area contributed by atoms with Crippen LogP contribution in [-0.2, 0) is 10.0 Å². The molecule has 1 aromatic rings. The van der Waals surface area contributed by atoms with Crippen molar-refractivity contribution in [1.29, 1.82) is 0 Å². The molecular formula is C11H12BrF2NO2S. The molecule has 0 saturated heterocycles. The number of hydrogen-bond donors (Lipinski definition) is 0. The normalized spacial score (nSPS) is 16.2. The molecule has 0 unspecified atom stereocenters. The summed E-state index contributed by atoms with van der Waals surface area (Å²) in [7, 11) is -3.89. The molecule has 0 aromatic heterocycles. The standard InChI is InChI=1S/C11H12BrF2NO2S/c12-5-6-15(9-2-3-9)18(16,17)11-4-1-8(13)7-10(11)14/h1,4,7,9H,2-3,5-6H2. The third kappa shape index (κ3) is 2.73. The summed E-state index contributed by atoms with van der Waals surface area (Å²) in [6, 6.07) is 2.46. The fourth-order valence-electron chi connectivity index (χ4n) is 1.76. The van der Waals surface area contributed by atoms with Crippen molar-refractivity contribution in [2.75, 3.05) is 11.9 Å². The van der Waals surface area contributed by atoms with E-state index in [9.17, 15) is 17.2 Å². The second kappa shape index (κ2) is 5.22. The molecule has 100 valence electrons. The van der Waals surface area contributed by atoms with E-state index in [2.05, 4.69) is 15.9 Å². The largest absolute Gasteiger partial charge is 0.246 e. The van der Waals surface area contributed by atoms with Crippen LogP contribution in [0.1, 0.15) is 12.8 Å². The number of hydrogen-bond acceptors (Lipinski definition) is 2. The van der Waals surface area contributed by atoms with Crippen molar-refractivity contribution in [3.8, 4) is 0 Å². The maximum atomic E-state index is 13.6. The highest BCUT2D eigenvalue weighted by atomic mass is 79.9. The van der Waals surface area contributed by atoms with Crippen LogP contribution in [0.5, 0.6) is 0 Å². The van der Waals surface area contributed by atoms with Gasteiger partial charge in [0, 0.05) is 24.0 Å². The topological polar surface area (TPSA) is 37.4 Å². The van der Waals surface area contributed by atoms with Gasteiger partial charge in [0.2, 0.25) is 10.0 Å². The molecule has 18 heavy (non-hydrogen) atoms. The number of alkyl halides is 1. The van der Waals surface area contributed by atoms with E-state index in [1.807, 2.05) is 0 Å². The van der Waals surface area contributed by atoms with Crippen LogP contribution in [0.15, 0.2) is 23.1 Å². The van der Waals surface area contributed by atoms with Gasteiger partial charge in [-0.15, -0.1) is 0 Å². The highest BCUT2D eigenvalue weighted by Gasteiger charge is 2.38. The van der Waals surface area contributed by atoms with Gasteiger partial charge in [-0.3, -0.25) is 0 Å². The Balaban J connectivity index is 2.39. The van der Waals surface area contributed by atoms with Gasteiger partial charge in [-0.2, -0.15) is 4.31 Å². The van der Waals surface area contributed by atoms with Crippen LogP contribution >= 0.6 is 15.9 Å². The van der Waals surface area contributed by atoms with Crippen molar-refractivity contribution in [2.24, 2.45) is 0 Å². The Hall–Kier alpha value is -0.530. The molecule has 1 aliphatic rings. The van der Waals surface area contributed by atoms with Gasteiger partial charge in [-0.1, -0.05) is 15.9 Å². The van der Waals surface area contributed by atoms with Gasteiger partial charge < -0.3 is 0 Å². The van der Waals surface area contributed by atoms with Crippen LogP contribution in [0, 0.1) is 11.6 Å². The van der Waals surface area contributed by atoms with Gasteiger partial charge >= 0.3 is 0 Å². The number of sulfonamides is 1. The van der Waals surface area contributed by atoms with E-state index in [1.165, 1.54) is 4.31 Å². The Morgan fingerprint density at radius 3 is 2.50 bits per heavy atom. The average molecular weight is 340 g/mol. The Morgan fingerprint density at radius 1 is 1.33 bits per heavy atom. The minimum absolute atomic E-state index is 0.0583. The molecule has 0 bridgehead atoms. The molecule has 1 aromatic carbocycles. The predicted octanol–water partition coefficient (Wildman–Crippen LogP) is 2.51. The highest BCUT2D eigenvalue weighted by Crippen LogP contribution is 2.32. The third-order valence-corrected chi connectivity index (χ3v) is 5.08. The van der Waals surface area contributed by atoms with Crippen LogP contribution in [0.3, 0.4) is 0 Å². The monoisotopic (exact) mass is 339 g/mol. The number of nitrogens with zero attached hydrogens (tertiary/aromatic N) is 1. The van der Waals surface area contributed by atoms with E-state index in [0.29, 0.717) is 11.4 Å². The summed E-state index contributed by atoms with van der Waals surface area (Å²) in [5.41, 5.74) is 0. The number of benzene rings is 1. The van der Waals surface area contributed by atoms with Crippen LogP contribution in [0.4, 0.5) is 8.78 Å². The Morgan fingerprint density at radius 2 is 2.00 bits per heavy atom. The lowest BCUT2D eigenvalue weighted by Crippen LogP contribution is -2.35. The molecule has 1 aliphatic carbocycles. The fraction of sp³-hybridized carbons (Fsp3) is 0.455. The Labute approximate surface area is 113 Å². The van der Waals surface area contributed by atoms with Gasteiger partial charge in [0.15, 0.2) is 0 Å². The lowest BCUT2D eigenvalue weighted by molar-refractivity contribution is 0.419. The smallest absolute Gasteiger partial charge is 0.207 e. The fourth-order valence-corrected chi connectivity index (χ4v) is 4.11. The van der Waals surface area contributed by atoms with Crippen molar-refractivity contribution in [3.05, 3.63) is 29.8 Å². The zero-order valence-electron chi connectivity index (χ0n) is 9.44. The van der Waals surface area contributed by atoms with Gasteiger partial charge in [-0.25, -0.2) is 17.2 Å². The van der Waals surface area contributed by atoms with Crippen LogP contribution < -0.4 is 0 Å². The maximum Gasteiger partial charge on any atom is 0.246 e. The van der Waals surface area contributed by atoms with Gasteiger partial charge in [-0.05, 0) is 25.0 Å². The molecule has 0 N–H and O–H groups in total. The second-order valence-corrected chi connectivity index (χ2v) is 6.76. The van der Waals surface area contributed by atoms with Crippen LogP contribution in [0.25, 0.3) is 0 Å². The molecular weight excluding hydrogens is 328 g/mol. The Bertz CT molecular complexity index is 546. The summed E-state index contributed by atoms with van der Waals surface area (Å²) in [5, 5.41) is 0.478. The minimum atomic E-state index is -3.89. The van der Waals surface area contributed by atoms with E-state index >= 15 is 0 Å². The molecule has 7 heteroatoms. The van der Waals surface area contributed by atoms with Crippen molar-refractivity contribution < 1.29 is 17.2 Å². The van der Waals surface area contributed by atoms with E-state index in [4.69, 9.17) is 0 Å². The van der Waals surface area contributed by atoms with Gasteiger partial charge in [0.25, 0.3) is 0 Å². The zero-order chi connectivity index (χ0) is 13.3. The summed E-state index contributed by atoms with van der Waals surface area (Å²) >= 11 is 3.18. The second-order valence-electron chi connectivity index (χ2n) is 4.11. The lowest BCUT2D eigenvalue weighted by atomic mass is 10.3. The zero-order valence-corrected chi connectivity index (χ0v) is 11.8. The van der Waals surface area contributed by atoms with Crippen LogP contribution in [-0.4, -0.2) is 30.6 Å². The number of rotatable bonds is 5. The van der Waals surface area contributed by atoms with E-state index < -0.39 is 26.6 Å². The molecule has 1 saturated carbocycles. The SMILES string of the molecule is O=S(=O)(c1ccc(F)cc1F)N(CCBr)C1CC1. The summed E-state index contributed by atoms with van der Waals surface area (Å²) in [6.07, 6.45) is 1.57. The molecule has 0 heterocycles. The highest BCUT2D eigenvalue weighted by molar-refractivity contribution is 9.09. The molecule has 0 amide bonds. The van der Waals surface area contributed by atoms with E-state index in [0.717, 1.165) is 25.0 Å². The average Bonchev–Trinajstić information content (AvgIpc) is 3.08. The molecule has 3 nitrogen and oxygen atoms in total. The first kappa shape index (κ1) is 13.9. The quantitative estimate of drug-likeness (QED) is 0.773. The molecule has 0 atom stereocenters. The summed E-state index contributed by atoms with van der Waals surface area (Å²) in [4.78, 5) is -0.461. The first-order chi connectivity index (χ1) is 8.46. The lowest BCUT2D eigenvalue weighted by Gasteiger charge is -2.21. The van der Waals surface area contributed by atoms with Gasteiger partial charge in [0.05, 0.1) is 0 Å². The van der Waals surface area contributed by atoms with Crippen molar-refractivity contribution in [2.45, 2.75) is 23.8 Å². The van der Waals surface area contributed by atoms with Crippen molar-refractivity contribution in [1.82, 2.24) is 4.31 Å². The molecule has 0 radical (unpaired) electrons. The first-order valence-corrected chi connectivity index (χ1v) is 8.06. The molecule has 0 spiro atoms. The third-order valence-electron chi connectivity index (χ3n) is 2.74. The van der Waals surface area contributed by atoms with Crippen molar-refractivity contribution >= 4 is 26.0 Å². The summed E-state index contributed by atoms with van der Waals surface area (Å²) in [6.45, 7) is 0.282. The summed E-state index contributed by atoms with van der Waals surface area (Å²) < 4.78 is 52.2. The summed E-state index contributed by atoms with van der Waals surface area (Å²) in [5.74, 6) is -1.83. The first-order valence-electron chi connectivity index (χ1n) is 5.49. The van der Waals surface area contributed by atoms with Crippen molar-refractivity contribution in [3.63, 3.8) is 0 Å². The Kier molecular flexibility index (Phi) is 4.03. The molecule has 1 fully saturated rings. The van der Waals surface area contributed by atoms with E-state index in [1.54, 1.807) is 0 Å². The maximum absolute atomic E-state index is 13.6. The van der Waals surface area contributed by atoms with E-state index in [-0.39, 0.29) is 12.6 Å². The van der Waals surface area contributed by atoms with Gasteiger partial charge in [0.1, 0.15) is 16.5 Å². The minimum Gasteiger partial charge on any atom is -0.207 e. The molecule has 0 aliphatic heterocycles. The molecule has 2 rings (SSSR count). The predicted molar refractivity (Wildman–Crippen MR) is 67.1 cm³/mol. The number of halogens is 3.